The minimum atomic E-state index is -0.217. The number of carbonyl (C=O) groups excluding carboxylic acids is 1. The van der Waals surface area contributed by atoms with Crippen LogP contribution in [-0.2, 0) is 0 Å². The fraction of sp³-hybridized carbons (Fsp3) is 0. The van der Waals surface area contributed by atoms with Crippen molar-refractivity contribution in [2.45, 2.75) is 0 Å². The van der Waals surface area contributed by atoms with Crippen LogP contribution >= 0.6 is 11.6 Å². The second kappa shape index (κ2) is 7.54. The Balaban J connectivity index is 1.62. The van der Waals surface area contributed by atoms with Gasteiger partial charge in [0.2, 0.25) is 11.8 Å². The zero-order chi connectivity index (χ0) is 19.5. The van der Waals surface area contributed by atoms with Crippen molar-refractivity contribution in [3.05, 3.63) is 83.5 Å². The maximum absolute atomic E-state index is 12.7. The minimum absolute atomic E-state index is 0.137. The molecule has 6 nitrogen and oxygen atoms in total. The molecule has 0 radical (unpaired) electrons. The summed E-state index contributed by atoms with van der Waals surface area (Å²) in [5.74, 6) is 0.850. The van der Waals surface area contributed by atoms with Crippen molar-refractivity contribution in [1.29, 1.82) is 0 Å². The molecule has 7 heteroatoms. The molecule has 0 saturated heterocycles. The zero-order valence-corrected chi connectivity index (χ0v) is 15.4. The van der Waals surface area contributed by atoms with Gasteiger partial charge in [-0.2, -0.15) is 4.98 Å². The van der Waals surface area contributed by atoms with E-state index in [0.717, 1.165) is 10.8 Å². The number of hydrogen-bond donors (Lipinski definition) is 2. The molecule has 0 bridgehead atoms. The van der Waals surface area contributed by atoms with Gasteiger partial charge in [-0.3, -0.25) is 4.79 Å². The number of anilines is 2. The molecule has 0 aliphatic carbocycles. The summed E-state index contributed by atoms with van der Waals surface area (Å²) in [6, 6.07) is 19.6. The van der Waals surface area contributed by atoms with E-state index in [4.69, 9.17) is 22.1 Å². The number of aromatic nitrogens is 2. The van der Waals surface area contributed by atoms with Gasteiger partial charge in [0, 0.05) is 28.5 Å². The van der Waals surface area contributed by atoms with E-state index < -0.39 is 0 Å². The second-order valence-corrected chi connectivity index (χ2v) is 6.44. The maximum Gasteiger partial charge on any atom is 0.256 e. The van der Waals surface area contributed by atoms with E-state index in [1.54, 1.807) is 42.5 Å². The van der Waals surface area contributed by atoms with Crippen molar-refractivity contribution in [2.75, 3.05) is 11.1 Å². The highest BCUT2D eigenvalue weighted by molar-refractivity contribution is 6.31. The van der Waals surface area contributed by atoms with Crippen molar-refractivity contribution < 1.29 is 9.53 Å². The highest BCUT2D eigenvalue weighted by atomic mass is 35.5. The summed E-state index contributed by atoms with van der Waals surface area (Å²) in [5, 5.41) is 5.09. The molecule has 3 aromatic carbocycles. The molecule has 0 saturated carbocycles. The zero-order valence-electron chi connectivity index (χ0n) is 14.6. The van der Waals surface area contributed by atoms with Gasteiger partial charge in [0.1, 0.15) is 5.75 Å². The molecule has 138 valence electrons. The van der Waals surface area contributed by atoms with Crippen LogP contribution < -0.4 is 15.8 Å². The van der Waals surface area contributed by atoms with Gasteiger partial charge in [0.05, 0.1) is 0 Å². The molecule has 0 aliphatic heterocycles. The second-order valence-electron chi connectivity index (χ2n) is 6.01. The number of fused-ring (bicyclic) bond motifs is 1. The van der Waals surface area contributed by atoms with Gasteiger partial charge in [0.15, 0.2) is 0 Å². The molecule has 1 aromatic heterocycles. The Bertz CT molecular complexity index is 1180. The van der Waals surface area contributed by atoms with Crippen molar-refractivity contribution in [2.24, 2.45) is 0 Å². The largest absolute Gasteiger partial charge is 0.439 e. The van der Waals surface area contributed by atoms with Gasteiger partial charge >= 0.3 is 0 Å². The summed E-state index contributed by atoms with van der Waals surface area (Å²) in [6.07, 6.45) is 1.52. The van der Waals surface area contributed by atoms with Crippen molar-refractivity contribution >= 4 is 39.9 Å². The molecule has 0 unspecified atom stereocenters. The first-order valence-electron chi connectivity index (χ1n) is 8.44. The number of nitrogens with two attached hydrogens (primary N) is 1. The van der Waals surface area contributed by atoms with E-state index in [1.165, 1.54) is 6.20 Å². The number of carbonyl (C=O) groups is 1. The van der Waals surface area contributed by atoms with Gasteiger partial charge < -0.3 is 15.8 Å². The van der Waals surface area contributed by atoms with Gasteiger partial charge in [-0.25, -0.2) is 4.98 Å². The van der Waals surface area contributed by atoms with E-state index in [-0.39, 0.29) is 11.9 Å². The molecule has 0 atom stereocenters. The van der Waals surface area contributed by atoms with Gasteiger partial charge in [-0.05, 0) is 53.2 Å². The quantitative estimate of drug-likeness (QED) is 0.516. The van der Waals surface area contributed by atoms with E-state index in [9.17, 15) is 4.79 Å². The minimum Gasteiger partial charge on any atom is -0.439 e. The molecular formula is C21H15ClN4O2. The lowest BCUT2D eigenvalue weighted by Gasteiger charge is -2.10. The number of amides is 1. The van der Waals surface area contributed by atoms with Crippen LogP contribution in [0.2, 0.25) is 5.02 Å². The average Bonchev–Trinajstić information content (AvgIpc) is 2.67. The SMILES string of the molecule is Nc1nccc(Oc2ccc3c(C(=O)Nc4cccc(Cl)c4)cccc3c2)n1. The smallest absolute Gasteiger partial charge is 0.256 e. The average molecular weight is 391 g/mol. The standard InChI is InChI=1S/C21H15ClN4O2/c22-14-4-2-5-15(12-14)25-20(27)18-6-1-3-13-11-16(7-8-17(13)18)28-19-9-10-24-21(23)26-19/h1-12H,(H,25,27)(H2,23,24,26). The predicted octanol–water partition coefficient (Wildman–Crippen LogP) is 4.91. The number of nitrogens with zero attached hydrogens (tertiary/aromatic N) is 2. The summed E-state index contributed by atoms with van der Waals surface area (Å²) >= 11 is 5.98. The fourth-order valence-electron chi connectivity index (χ4n) is 2.82. The Kier molecular flexibility index (Phi) is 4.78. The van der Waals surface area contributed by atoms with Crippen LogP contribution in [0.4, 0.5) is 11.6 Å². The lowest BCUT2D eigenvalue weighted by Crippen LogP contribution is -2.12. The monoisotopic (exact) mass is 390 g/mol. The number of ether oxygens (including phenoxy) is 1. The van der Waals surface area contributed by atoms with E-state index in [0.29, 0.717) is 27.9 Å². The Labute approximate surface area is 165 Å². The molecule has 0 aliphatic rings. The van der Waals surface area contributed by atoms with Gasteiger partial charge in [-0.1, -0.05) is 29.8 Å². The summed E-state index contributed by atoms with van der Waals surface area (Å²) in [6.45, 7) is 0. The Morgan fingerprint density at radius 2 is 1.89 bits per heavy atom. The molecule has 28 heavy (non-hydrogen) atoms. The number of nitrogen functional groups attached to an aromatic ring is 1. The Morgan fingerprint density at radius 1 is 1.04 bits per heavy atom. The van der Waals surface area contributed by atoms with Crippen LogP contribution in [0.1, 0.15) is 10.4 Å². The van der Waals surface area contributed by atoms with E-state index in [2.05, 4.69) is 15.3 Å². The molecule has 0 fully saturated rings. The van der Waals surface area contributed by atoms with Gasteiger partial charge in [-0.15, -0.1) is 0 Å². The molecule has 1 amide bonds. The van der Waals surface area contributed by atoms with Crippen LogP contribution in [0.15, 0.2) is 72.9 Å². The Morgan fingerprint density at radius 3 is 2.71 bits per heavy atom. The number of hydrogen-bond acceptors (Lipinski definition) is 5. The number of nitrogens with one attached hydrogen (secondary N) is 1. The normalized spacial score (nSPS) is 10.6. The fourth-order valence-corrected chi connectivity index (χ4v) is 3.01. The molecule has 1 heterocycles. The summed E-state index contributed by atoms with van der Waals surface area (Å²) < 4.78 is 5.73. The van der Waals surface area contributed by atoms with E-state index in [1.807, 2.05) is 24.3 Å². The third kappa shape index (κ3) is 3.87. The molecule has 4 aromatic rings. The van der Waals surface area contributed by atoms with Gasteiger partial charge in [0.25, 0.3) is 5.91 Å². The van der Waals surface area contributed by atoms with Crippen LogP contribution in [0.3, 0.4) is 0 Å². The van der Waals surface area contributed by atoms with Crippen LogP contribution in [-0.4, -0.2) is 15.9 Å². The molecule has 0 spiro atoms. The maximum atomic E-state index is 12.7. The van der Waals surface area contributed by atoms with Crippen molar-refractivity contribution in [1.82, 2.24) is 9.97 Å². The van der Waals surface area contributed by atoms with Crippen LogP contribution in [0.25, 0.3) is 10.8 Å². The molecular weight excluding hydrogens is 376 g/mol. The highest BCUT2D eigenvalue weighted by Gasteiger charge is 2.11. The van der Waals surface area contributed by atoms with Crippen LogP contribution in [0, 0.1) is 0 Å². The number of halogens is 1. The summed E-state index contributed by atoms with van der Waals surface area (Å²) in [5.41, 5.74) is 6.76. The predicted molar refractivity (Wildman–Crippen MR) is 110 cm³/mol. The number of benzene rings is 3. The Hall–Kier alpha value is -3.64. The first-order valence-corrected chi connectivity index (χ1v) is 8.82. The topological polar surface area (TPSA) is 90.1 Å². The summed E-state index contributed by atoms with van der Waals surface area (Å²) in [4.78, 5) is 20.6. The van der Waals surface area contributed by atoms with Crippen molar-refractivity contribution in [3.63, 3.8) is 0 Å². The van der Waals surface area contributed by atoms with E-state index >= 15 is 0 Å². The van der Waals surface area contributed by atoms with Crippen molar-refractivity contribution in [3.8, 4) is 11.6 Å². The lowest BCUT2D eigenvalue weighted by molar-refractivity contribution is 0.102. The first kappa shape index (κ1) is 17.8. The molecule has 3 N–H and O–H groups in total. The third-order valence-electron chi connectivity index (χ3n) is 4.05. The summed E-state index contributed by atoms with van der Waals surface area (Å²) in [7, 11) is 0. The first-order chi connectivity index (χ1) is 13.6. The third-order valence-corrected chi connectivity index (χ3v) is 4.29. The number of rotatable bonds is 4. The molecule has 4 rings (SSSR count). The van der Waals surface area contributed by atoms with Crippen LogP contribution in [0.5, 0.6) is 11.6 Å². The lowest BCUT2D eigenvalue weighted by atomic mass is 10.0. The highest BCUT2D eigenvalue weighted by Crippen LogP contribution is 2.27.